The molecule has 0 atom stereocenters. The second-order valence-electron chi connectivity index (χ2n) is 16.4. The Morgan fingerprint density at radius 1 is 0.500 bits per heavy atom. The monoisotopic (exact) mass is 769 g/mol. The van der Waals surface area contributed by atoms with Crippen LogP contribution in [-0.4, -0.2) is 9.55 Å². The minimum Gasteiger partial charge on any atom is -0.434 e. The van der Waals surface area contributed by atoms with E-state index in [4.69, 9.17) is 9.40 Å². The largest absolute Gasteiger partial charge is 0.434 e. The van der Waals surface area contributed by atoms with E-state index in [1.807, 2.05) is 36.4 Å². The molecule has 9 aromatic carbocycles. The Bertz CT molecular complexity index is 3470. The summed E-state index contributed by atoms with van der Waals surface area (Å²) in [6.07, 6.45) is 0. The molecule has 0 fully saturated rings. The lowest BCUT2D eigenvalue weighted by Gasteiger charge is -2.26. The van der Waals surface area contributed by atoms with E-state index in [2.05, 4.69) is 187 Å². The number of benzene rings is 9. The van der Waals surface area contributed by atoms with Crippen molar-refractivity contribution in [2.45, 2.75) is 19.3 Å². The molecule has 0 bridgehead atoms. The molecule has 4 heteroatoms. The van der Waals surface area contributed by atoms with Gasteiger partial charge in [0.25, 0.3) is 0 Å². The van der Waals surface area contributed by atoms with Gasteiger partial charge in [-0.25, -0.2) is 4.98 Å². The molecule has 1 aliphatic rings. The predicted molar refractivity (Wildman–Crippen MR) is 249 cm³/mol. The highest BCUT2D eigenvalue weighted by atomic mass is 16.3. The molecule has 4 nitrogen and oxygen atoms in total. The molecule has 2 heterocycles. The van der Waals surface area contributed by atoms with E-state index in [0.29, 0.717) is 5.89 Å². The van der Waals surface area contributed by atoms with Crippen molar-refractivity contribution in [3.05, 3.63) is 211 Å². The number of oxazole rings is 1. The fourth-order valence-electron chi connectivity index (χ4n) is 9.74. The highest BCUT2D eigenvalue weighted by Gasteiger charge is 2.35. The van der Waals surface area contributed by atoms with Crippen LogP contribution < -0.4 is 4.90 Å². The van der Waals surface area contributed by atoms with Crippen LogP contribution in [0.5, 0.6) is 0 Å². The Hall–Kier alpha value is -7.69. The predicted octanol–water partition coefficient (Wildman–Crippen LogP) is 15.2. The first-order chi connectivity index (χ1) is 29.5. The smallest absolute Gasteiger partial charge is 0.227 e. The second-order valence-corrected chi connectivity index (χ2v) is 16.4. The lowest BCUT2D eigenvalue weighted by Crippen LogP contribution is -2.14. The first kappa shape index (κ1) is 34.4. The first-order valence-electron chi connectivity index (χ1n) is 20.6. The highest BCUT2D eigenvalue weighted by Crippen LogP contribution is 2.50. The summed E-state index contributed by atoms with van der Waals surface area (Å²) in [5.74, 6) is 0.597. The molecule has 0 amide bonds. The van der Waals surface area contributed by atoms with Gasteiger partial charge in [0.1, 0.15) is 5.52 Å². The van der Waals surface area contributed by atoms with Gasteiger partial charge in [0.2, 0.25) is 5.89 Å². The number of hydrogen-bond acceptors (Lipinski definition) is 3. The van der Waals surface area contributed by atoms with Gasteiger partial charge >= 0.3 is 0 Å². The van der Waals surface area contributed by atoms with Crippen molar-refractivity contribution >= 4 is 60.7 Å². The van der Waals surface area contributed by atoms with Crippen LogP contribution in [0.25, 0.3) is 83.1 Å². The molecule has 60 heavy (non-hydrogen) atoms. The van der Waals surface area contributed by atoms with Crippen molar-refractivity contribution in [1.29, 1.82) is 0 Å². The number of fused-ring (bicyclic) bond motifs is 9. The Morgan fingerprint density at radius 2 is 1.22 bits per heavy atom. The molecule has 0 unspecified atom stereocenters. The zero-order chi connectivity index (χ0) is 40.0. The number of rotatable bonds is 6. The van der Waals surface area contributed by atoms with Crippen LogP contribution >= 0.6 is 0 Å². The van der Waals surface area contributed by atoms with Crippen LogP contribution in [0.1, 0.15) is 25.0 Å². The van der Waals surface area contributed by atoms with E-state index in [-0.39, 0.29) is 5.41 Å². The lowest BCUT2D eigenvalue weighted by molar-refractivity contribution is 0.620. The third-order valence-electron chi connectivity index (χ3n) is 12.6. The number of hydrogen-bond donors (Lipinski definition) is 0. The van der Waals surface area contributed by atoms with Crippen molar-refractivity contribution < 1.29 is 4.42 Å². The van der Waals surface area contributed by atoms with Gasteiger partial charge in [-0.15, -0.1) is 0 Å². The van der Waals surface area contributed by atoms with Gasteiger partial charge in [0.15, 0.2) is 5.58 Å². The van der Waals surface area contributed by atoms with Gasteiger partial charge in [-0.1, -0.05) is 147 Å². The van der Waals surface area contributed by atoms with Crippen LogP contribution in [0.4, 0.5) is 17.1 Å². The Morgan fingerprint density at radius 3 is 2.08 bits per heavy atom. The Kier molecular flexibility index (Phi) is 7.54. The maximum absolute atomic E-state index is 6.73. The summed E-state index contributed by atoms with van der Waals surface area (Å²) < 4.78 is 9.20. The quantitative estimate of drug-likeness (QED) is 0.169. The first-order valence-corrected chi connectivity index (χ1v) is 20.6. The zero-order valence-corrected chi connectivity index (χ0v) is 33.3. The molecule has 0 saturated heterocycles. The molecule has 2 aromatic heterocycles. The number of nitrogens with zero attached hydrogens (tertiary/aromatic N) is 3. The maximum Gasteiger partial charge on any atom is 0.227 e. The molecule has 12 rings (SSSR count). The SMILES string of the molecule is CC1(C)c2ccccc2-c2cc(-n3c4cc(N(c5cccc(-c6ccccc6)c5)c5cccc6nc(-c7ccccc7)oc56)ccc4c4c5ccccc5ccc43)ccc21. The van der Waals surface area contributed by atoms with E-state index in [1.54, 1.807) is 0 Å². The normalized spacial score (nSPS) is 13.0. The van der Waals surface area contributed by atoms with Gasteiger partial charge < -0.3 is 13.9 Å². The third-order valence-corrected chi connectivity index (χ3v) is 12.6. The van der Waals surface area contributed by atoms with E-state index in [9.17, 15) is 0 Å². The summed E-state index contributed by atoms with van der Waals surface area (Å²) in [6, 6.07) is 71.9. The van der Waals surface area contributed by atoms with Gasteiger partial charge in [-0.2, -0.15) is 0 Å². The summed E-state index contributed by atoms with van der Waals surface area (Å²) in [5.41, 5.74) is 16.4. The fourth-order valence-corrected chi connectivity index (χ4v) is 9.74. The van der Waals surface area contributed by atoms with Crippen LogP contribution in [0.15, 0.2) is 205 Å². The summed E-state index contributed by atoms with van der Waals surface area (Å²) in [5, 5.41) is 4.92. The summed E-state index contributed by atoms with van der Waals surface area (Å²) in [6.45, 7) is 4.69. The van der Waals surface area contributed by atoms with Crippen molar-refractivity contribution in [3.63, 3.8) is 0 Å². The standard InChI is InChI=1S/C56H39N3O/c1-56(2)47-24-12-11-23-44(47)46-34-41(29-31-48(46)56)59-50-32-27-37-17-9-10-22-43(37)53(50)45-30-28-42(35-52(45)59)58(40-21-13-20-39(33-40)36-15-5-3-6-16-36)51-26-14-25-49-54(51)60-55(57-49)38-18-7-4-8-19-38/h3-35H,1-2H3. The number of aromatic nitrogens is 2. The maximum atomic E-state index is 6.73. The Labute approximate surface area is 348 Å². The summed E-state index contributed by atoms with van der Waals surface area (Å²) >= 11 is 0. The van der Waals surface area contributed by atoms with Gasteiger partial charge in [-0.3, -0.25) is 0 Å². The van der Waals surface area contributed by atoms with Gasteiger partial charge in [0, 0.05) is 38.8 Å². The van der Waals surface area contributed by atoms with Crippen molar-refractivity contribution in [2.24, 2.45) is 0 Å². The highest BCUT2D eigenvalue weighted by molar-refractivity contribution is 6.22. The van der Waals surface area contributed by atoms with E-state index >= 15 is 0 Å². The topological polar surface area (TPSA) is 34.2 Å². The van der Waals surface area contributed by atoms with E-state index < -0.39 is 0 Å². The molecular formula is C56H39N3O. The second kappa shape index (κ2) is 13.2. The van der Waals surface area contributed by atoms with Crippen LogP contribution in [0.3, 0.4) is 0 Å². The molecule has 0 aliphatic heterocycles. The van der Waals surface area contributed by atoms with Gasteiger partial charge in [0.05, 0.1) is 16.7 Å². The number of anilines is 3. The molecule has 0 radical (unpaired) electrons. The fraction of sp³-hybridized carbons (Fsp3) is 0.0536. The minimum atomic E-state index is -0.0778. The van der Waals surface area contributed by atoms with E-state index in [1.165, 1.54) is 49.3 Å². The third kappa shape index (κ3) is 5.20. The average molecular weight is 770 g/mol. The average Bonchev–Trinajstić information content (AvgIpc) is 3.96. The number of para-hydroxylation sites is 1. The van der Waals surface area contributed by atoms with Crippen molar-refractivity contribution in [2.75, 3.05) is 4.90 Å². The van der Waals surface area contributed by atoms with Crippen molar-refractivity contribution in [3.8, 4) is 39.4 Å². The van der Waals surface area contributed by atoms with Crippen LogP contribution in [0, 0.1) is 0 Å². The molecular weight excluding hydrogens is 731 g/mol. The van der Waals surface area contributed by atoms with E-state index in [0.717, 1.165) is 56.1 Å². The lowest BCUT2D eigenvalue weighted by atomic mass is 9.82. The van der Waals surface area contributed by atoms with Crippen LogP contribution in [0.2, 0.25) is 0 Å². The summed E-state index contributed by atoms with van der Waals surface area (Å²) in [7, 11) is 0. The van der Waals surface area contributed by atoms with Gasteiger partial charge in [-0.05, 0) is 111 Å². The molecule has 11 aromatic rings. The zero-order valence-electron chi connectivity index (χ0n) is 33.3. The molecule has 0 N–H and O–H groups in total. The van der Waals surface area contributed by atoms with Crippen molar-refractivity contribution in [1.82, 2.24) is 9.55 Å². The molecule has 0 spiro atoms. The Balaban J connectivity index is 1.13. The molecule has 284 valence electrons. The summed E-state index contributed by atoms with van der Waals surface area (Å²) in [4.78, 5) is 7.33. The molecule has 0 saturated carbocycles. The van der Waals surface area contributed by atoms with Crippen LogP contribution in [-0.2, 0) is 5.41 Å². The molecule has 1 aliphatic carbocycles. The minimum absolute atomic E-state index is 0.0778.